The Kier molecular flexibility index (Phi) is 8.29. The highest BCUT2D eigenvalue weighted by Crippen LogP contribution is 2.49. The van der Waals surface area contributed by atoms with Gasteiger partial charge in [0.25, 0.3) is 0 Å². The molecule has 6 heteroatoms. The number of aliphatic carboxylic acids is 1. The maximum atomic E-state index is 12.3. The lowest BCUT2D eigenvalue weighted by Gasteiger charge is -2.45. The maximum absolute atomic E-state index is 12.3. The number of carbonyl (C=O) groups is 2. The number of nitrogens with zero attached hydrogens (tertiary/aromatic N) is 1. The van der Waals surface area contributed by atoms with Gasteiger partial charge in [-0.05, 0) is 75.7 Å². The molecule has 160 valence electrons. The zero-order valence-electron chi connectivity index (χ0n) is 17.6. The highest BCUT2D eigenvalue weighted by molar-refractivity contribution is 6.30. The summed E-state index contributed by atoms with van der Waals surface area (Å²) < 4.78 is 5.87. The van der Waals surface area contributed by atoms with Crippen LogP contribution in [0.1, 0.15) is 57.4 Å². The fraction of sp³-hybridized carbons (Fsp3) is 0.565. The number of benzene rings is 1. The van der Waals surface area contributed by atoms with E-state index in [4.69, 9.17) is 21.4 Å². The monoisotopic (exact) mass is 421 g/mol. The van der Waals surface area contributed by atoms with Crippen LogP contribution in [0.5, 0.6) is 0 Å². The van der Waals surface area contributed by atoms with Crippen molar-refractivity contribution in [3.05, 3.63) is 47.0 Å². The first kappa shape index (κ1) is 23.4. The molecule has 0 aliphatic heterocycles. The molecule has 0 bridgehead atoms. The van der Waals surface area contributed by atoms with E-state index in [1.54, 1.807) is 0 Å². The predicted octanol–water partition coefficient (Wildman–Crippen LogP) is 4.83. The van der Waals surface area contributed by atoms with Crippen LogP contribution in [-0.4, -0.2) is 48.2 Å². The number of carbonyl (C=O) groups excluding carboxylic acids is 1. The minimum absolute atomic E-state index is 0.104. The van der Waals surface area contributed by atoms with Crippen molar-refractivity contribution in [3.8, 4) is 0 Å². The number of hydrogen-bond donors (Lipinski definition) is 1. The molecule has 0 saturated heterocycles. The summed E-state index contributed by atoms with van der Waals surface area (Å²) in [5.74, 6) is -1.75. The van der Waals surface area contributed by atoms with Crippen molar-refractivity contribution in [1.29, 1.82) is 0 Å². The third kappa shape index (κ3) is 6.58. The van der Waals surface area contributed by atoms with Gasteiger partial charge in [0.2, 0.25) is 0 Å². The first-order chi connectivity index (χ1) is 13.7. The third-order valence-corrected chi connectivity index (χ3v) is 6.42. The van der Waals surface area contributed by atoms with Crippen molar-refractivity contribution < 1.29 is 19.4 Å². The standard InChI is InChI=1S/C23H32ClNO4/c1-4-23(16-17-25(2)3,29-21(28)11-10-20(26)27)15-14-22(12-5-13-22)18-6-8-19(24)9-7-18/h6-11H,4-5,12-17H2,1-3H3,(H,26,27)/b11-10-. The molecular weight excluding hydrogens is 390 g/mol. The van der Waals surface area contributed by atoms with Crippen LogP contribution in [0.2, 0.25) is 5.02 Å². The average molecular weight is 422 g/mol. The molecule has 2 rings (SSSR count). The van der Waals surface area contributed by atoms with Crippen molar-refractivity contribution in [3.63, 3.8) is 0 Å². The summed E-state index contributed by atoms with van der Waals surface area (Å²) in [4.78, 5) is 25.1. The van der Waals surface area contributed by atoms with Crippen LogP contribution in [0.25, 0.3) is 0 Å². The van der Waals surface area contributed by atoms with E-state index in [9.17, 15) is 9.59 Å². The second kappa shape index (κ2) is 10.3. The van der Waals surface area contributed by atoms with Crippen LogP contribution in [0, 0.1) is 0 Å². The van der Waals surface area contributed by atoms with Gasteiger partial charge in [-0.15, -0.1) is 0 Å². The van der Waals surface area contributed by atoms with Gasteiger partial charge in [-0.3, -0.25) is 0 Å². The molecule has 0 spiro atoms. The molecule has 0 amide bonds. The van der Waals surface area contributed by atoms with Crippen LogP contribution in [0.15, 0.2) is 36.4 Å². The van der Waals surface area contributed by atoms with Crippen molar-refractivity contribution in [1.82, 2.24) is 4.90 Å². The lowest BCUT2D eigenvalue weighted by atomic mass is 9.61. The van der Waals surface area contributed by atoms with Gasteiger partial charge in [0.1, 0.15) is 5.60 Å². The zero-order valence-corrected chi connectivity index (χ0v) is 18.4. The molecule has 1 atom stereocenters. The minimum atomic E-state index is -1.16. The molecule has 1 saturated carbocycles. The quantitative estimate of drug-likeness (QED) is 0.409. The Labute approximate surface area is 178 Å². The van der Waals surface area contributed by atoms with Crippen LogP contribution in [0.4, 0.5) is 0 Å². The normalized spacial score (nSPS) is 17.7. The predicted molar refractivity (Wildman–Crippen MR) is 115 cm³/mol. The molecular formula is C23H32ClNO4. The van der Waals surface area contributed by atoms with Crippen LogP contribution in [0.3, 0.4) is 0 Å². The van der Waals surface area contributed by atoms with Gasteiger partial charge < -0.3 is 14.7 Å². The van der Waals surface area contributed by atoms with Crippen molar-refractivity contribution in [2.75, 3.05) is 20.6 Å². The maximum Gasteiger partial charge on any atom is 0.331 e. The number of carboxylic acid groups (broad SMARTS) is 1. The van der Waals surface area contributed by atoms with E-state index in [0.717, 1.165) is 49.4 Å². The first-order valence-electron chi connectivity index (χ1n) is 10.3. The highest BCUT2D eigenvalue weighted by Gasteiger charge is 2.42. The third-order valence-electron chi connectivity index (χ3n) is 6.16. The van der Waals surface area contributed by atoms with E-state index in [2.05, 4.69) is 17.0 Å². The second-order valence-corrected chi connectivity index (χ2v) is 8.76. The van der Waals surface area contributed by atoms with Crippen LogP contribution >= 0.6 is 11.6 Å². The van der Waals surface area contributed by atoms with Crippen LogP contribution in [-0.2, 0) is 19.7 Å². The molecule has 0 heterocycles. The number of carboxylic acids is 1. The molecule has 1 fully saturated rings. The summed E-state index contributed by atoms with van der Waals surface area (Å²) in [6.45, 7) is 2.82. The van der Waals surface area contributed by atoms with Crippen molar-refractivity contribution in [2.45, 2.75) is 62.9 Å². The number of rotatable bonds is 11. The summed E-state index contributed by atoms with van der Waals surface area (Å²) in [5.41, 5.74) is 0.786. The van der Waals surface area contributed by atoms with E-state index in [0.29, 0.717) is 12.8 Å². The Morgan fingerprint density at radius 2 is 1.86 bits per heavy atom. The molecule has 5 nitrogen and oxygen atoms in total. The molecule has 1 unspecified atom stereocenters. The summed E-state index contributed by atoms with van der Waals surface area (Å²) in [7, 11) is 3.99. The lowest BCUT2D eigenvalue weighted by molar-refractivity contribution is -0.157. The summed E-state index contributed by atoms with van der Waals surface area (Å²) in [5, 5.41) is 9.51. The number of esters is 1. The van der Waals surface area contributed by atoms with Gasteiger partial charge in [0.15, 0.2) is 0 Å². The van der Waals surface area contributed by atoms with E-state index < -0.39 is 17.5 Å². The van der Waals surface area contributed by atoms with Gasteiger partial charge in [-0.1, -0.05) is 37.1 Å². The Morgan fingerprint density at radius 1 is 1.21 bits per heavy atom. The minimum Gasteiger partial charge on any atom is -0.478 e. The van der Waals surface area contributed by atoms with Crippen molar-refractivity contribution in [2.24, 2.45) is 0 Å². The molecule has 1 N–H and O–H groups in total. The topological polar surface area (TPSA) is 66.8 Å². The van der Waals surface area contributed by atoms with Crippen LogP contribution < -0.4 is 0 Å². The summed E-state index contributed by atoms with van der Waals surface area (Å²) in [6, 6.07) is 8.09. The SMILES string of the molecule is CCC(CCN(C)C)(CCC1(c2ccc(Cl)cc2)CCC1)OC(=O)/C=C\C(=O)O. The largest absolute Gasteiger partial charge is 0.478 e. The molecule has 1 aliphatic carbocycles. The fourth-order valence-corrected chi connectivity index (χ4v) is 4.15. The zero-order chi connectivity index (χ0) is 21.5. The molecule has 0 aromatic heterocycles. The average Bonchev–Trinajstić information content (AvgIpc) is 2.64. The molecule has 1 aromatic carbocycles. The van der Waals surface area contributed by atoms with Gasteiger partial charge in [0, 0.05) is 23.7 Å². The van der Waals surface area contributed by atoms with E-state index in [1.807, 2.05) is 33.2 Å². The fourth-order valence-electron chi connectivity index (χ4n) is 4.02. The van der Waals surface area contributed by atoms with E-state index in [-0.39, 0.29) is 5.41 Å². The van der Waals surface area contributed by atoms with E-state index >= 15 is 0 Å². The Balaban J connectivity index is 2.17. The number of hydrogen-bond acceptors (Lipinski definition) is 4. The number of halogens is 1. The Bertz CT molecular complexity index is 725. The summed E-state index contributed by atoms with van der Waals surface area (Å²) >= 11 is 6.06. The molecule has 1 aliphatic rings. The number of ether oxygens (including phenoxy) is 1. The van der Waals surface area contributed by atoms with Gasteiger partial charge >= 0.3 is 11.9 Å². The molecule has 1 aromatic rings. The van der Waals surface area contributed by atoms with Gasteiger partial charge in [-0.2, -0.15) is 0 Å². The molecule has 29 heavy (non-hydrogen) atoms. The lowest BCUT2D eigenvalue weighted by Crippen LogP contribution is -2.41. The Hall–Kier alpha value is -1.85. The van der Waals surface area contributed by atoms with Gasteiger partial charge in [0.05, 0.1) is 0 Å². The second-order valence-electron chi connectivity index (χ2n) is 8.32. The Morgan fingerprint density at radius 3 is 2.34 bits per heavy atom. The molecule has 0 radical (unpaired) electrons. The smallest absolute Gasteiger partial charge is 0.331 e. The van der Waals surface area contributed by atoms with Crippen molar-refractivity contribution >= 4 is 23.5 Å². The highest BCUT2D eigenvalue weighted by atomic mass is 35.5. The first-order valence-corrected chi connectivity index (χ1v) is 10.6. The van der Waals surface area contributed by atoms with E-state index in [1.165, 1.54) is 12.0 Å². The van der Waals surface area contributed by atoms with Gasteiger partial charge in [-0.25, -0.2) is 9.59 Å². The summed E-state index contributed by atoms with van der Waals surface area (Å²) in [6.07, 6.45) is 8.32.